The number of carbonyl (C=O) groups is 1. The maximum Gasteiger partial charge on any atom is 0.360 e. The predicted molar refractivity (Wildman–Crippen MR) is 90.3 cm³/mol. The van der Waals surface area contributed by atoms with Crippen molar-refractivity contribution in [3.63, 3.8) is 0 Å². The van der Waals surface area contributed by atoms with Crippen LogP contribution in [0.4, 0.5) is 0 Å². The molecule has 0 atom stereocenters. The maximum atomic E-state index is 12.6. The summed E-state index contributed by atoms with van der Waals surface area (Å²) in [7, 11) is -1.96. The highest BCUT2D eigenvalue weighted by molar-refractivity contribution is 9.10. The largest absolute Gasteiger partial charge is 0.419 e. The Morgan fingerprint density at radius 1 is 1.33 bits per heavy atom. The standard InChI is InChI=1S/C15H16BrN3O4S/c1-18-10-11(24(21,22)19-7-2-3-8-19)9-12(18)15(20)23-13-5-4-6-17-14(13)16/h4-6,9-10H,2-3,7-8H2,1H3. The first-order valence-corrected chi connectivity index (χ1v) is 9.62. The summed E-state index contributed by atoms with van der Waals surface area (Å²) < 4.78 is 33.7. The van der Waals surface area contributed by atoms with Gasteiger partial charge in [0, 0.05) is 32.5 Å². The van der Waals surface area contributed by atoms with Crippen molar-refractivity contribution in [2.45, 2.75) is 17.7 Å². The summed E-state index contributed by atoms with van der Waals surface area (Å²) >= 11 is 3.20. The molecular weight excluding hydrogens is 398 g/mol. The van der Waals surface area contributed by atoms with Gasteiger partial charge in [0.15, 0.2) is 5.75 Å². The van der Waals surface area contributed by atoms with Crippen molar-refractivity contribution >= 4 is 31.9 Å². The maximum absolute atomic E-state index is 12.6. The Bertz CT molecular complexity index is 873. The van der Waals surface area contributed by atoms with Crippen LogP contribution in [0.2, 0.25) is 0 Å². The third-order valence-corrected chi connectivity index (χ3v) is 6.28. The minimum absolute atomic E-state index is 0.101. The number of rotatable bonds is 4. The molecule has 128 valence electrons. The molecule has 0 bridgehead atoms. The molecule has 7 nitrogen and oxygen atoms in total. The lowest BCUT2D eigenvalue weighted by atomic mass is 10.4. The fraction of sp³-hybridized carbons (Fsp3) is 0.333. The normalized spacial score (nSPS) is 15.6. The lowest BCUT2D eigenvalue weighted by Gasteiger charge is -2.13. The number of halogens is 1. The smallest absolute Gasteiger partial charge is 0.360 e. The Morgan fingerprint density at radius 2 is 2.04 bits per heavy atom. The van der Waals surface area contributed by atoms with E-state index in [9.17, 15) is 13.2 Å². The van der Waals surface area contributed by atoms with Gasteiger partial charge < -0.3 is 9.30 Å². The van der Waals surface area contributed by atoms with Gasteiger partial charge in [0.1, 0.15) is 15.2 Å². The fourth-order valence-electron chi connectivity index (χ4n) is 2.56. The van der Waals surface area contributed by atoms with Gasteiger partial charge in [-0.1, -0.05) is 0 Å². The van der Waals surface area contributed by atoms with Crippen molar-refractivity contribution in [3.8, 4) is 5.75 Å². The molecule has 0 unspecified atom stereocenters. The van der Waals surface area contributed by atoms with E-state index in [0.29, 0.717) is 17.7 Å². The van der Waals surface area contributed by atoms with E-state index in [4.69, 9.17) is 4.74 Å². The van der Waals surface area contributed by atoms with Crippen LogP contribution in [-0.2, 0) is 17.1 Å². The number of carbonyl (C=O) groups excluding carboxylic acids is 1. The van der Waals surface area contributed by atoms with Crippen LogP contribution >= 0.6 is 15.9 Å². The van der Waals surface area contributed by atoms with E-state index >= 15 is 0 Å². The summed E-state index contributed by atoms with van der Waals surface area (Å²) in [6.45, 7) is 1.03. The van der Waals surface area contributed by atoms with E-state index in [2.05, 4.69) is 20.9 Å². The average molecular weight is 414 g/mol. The highest BCUT2D eigenvalue weighted by Gasteiger charge is 2.29. The van der Waals surface area contributed by atoms with Gasteiger partial charge in [0.25, 0.3) is 0 Å². The molecule has 0 N–H and O–H groups in total. The molecule has 0 saturated carbocycles. The van der Waals surface area contributed by atoms with Crippen molar-refractivity contribution < 1.29 is 17.9 Å². The van der Waals surface area contributed by atoms with Gasteiger partial charge in [-0.15, -0.1) is 0 Å². The van der Waals surface area contributed by atoms with Crippen LogP contribution in [0.15, 0.2) is 40.1 Å². The third kappa shape index (κ3) is 3.24. The van der Waals surface area contributed by atoms with E-state index < -0.39 is 16.0 Å². The minimum atomic E-state index is -3.57. The number of aromatic nitrogens is 2. The van der Waals surface area contributed by atoms with Gasteiger partial charge in [-0.3, -0.25) is 0 Å². The van der Waals surface area contributed by atoms with Gasteiger partial charge in [0.05, 0.1) is 0 Å². The Labute approximate surface area is 148 Å². The minimum Gasteiger partial charge on any atom is -0.419 e. The molecular formula is C15H16BrN3O4S. The second-order valence-corrected chi connectivity index (χ2v) is 8.15. The van der Waals surface area contributed by atoms with E-state index in [0.717, 1.165) is 12.8 Å². The molecule has 1 saturated heterocycles. The van der Waals surface area contributed by atoms with Gasteiger partial charge >= 0.3 is 5.97 Å². The van der Waals surface area contributed by atoms with Crippen LogP contribution in [0.25, 0.3) is 0 Å². The number of sulfonamides is 1. The van der Waals surface area contributed by atoms with Crippen LogP contribution < -0.4 is 4.74 Å². The summed E-state index contributed by atoms with van der Waals surface area (Å²) in [4.78, 5) is 16.4. The number of ether oxygens (including phenoxy) is 1. The van der Waals surface area contributed by atoms with Gasteiger partial charge in [-0.25, -0.2) is 18.2 Å². The number of pyridine rings is 1. The van der Waals surface area contributed by atoms with Gasteiger partial charge in [-0.05, 0) is 47.0 Å². The van der Waals surface area contributed by atoms with Gasteiger partial charge in [-0.2, -0.15) is 4.31 Å². The summed E-state index contributed by atoms with van der Waals surface area (Å²) in [6, 6.07) is 4.59. The molecule has 1 fully saturated rings. The lowest BCUT2D eigenvalue weighted by molar-refractivity contribution is 0.0723. The molecule has 0 radical (unpaired) electrons. The quantitative estimate of drug-likeness (QED) is 0.566. The van der Waals surface area contributed by atoms with E-state index in [1.54, 1.807) is 25.4 Å². The molecule has 2 aromatic rings. The molecule has 2 aromatic heterocycles. The van der Waals surface area contributed by atoms with E-state index in [1.807, 2.05) is 0 Å². The van der Waals surface area contributed by atoms with Crippen molar-refractivity contribution in [1.29, 1.82) is 0 Å². The molecule has 3 heterocycles. The zero-order valence-electron chi connectivity index (χ0n) is 13.0. The highest BCUT2D eigenvalue weighted by Crippen LogP contribution is 2.25. The molecule has 24 heavy (non-hydrogen) atoms. The van der Waals surface area contributed by atoms with Crippen LogP contribution in [0.3, 0.4) is 0 Å². The predicted octanol–water partition coefficient (Wildman–Crippen LogP) is 2.19. The Kier molecular flexibility index (Phi) is 4.75. The number of nitrogens with zero attached hydrogens (tertiary/aromatic N) is 3. The second kappa shape index (κ2) is 6.66. The SMILES string of the molecule is Cn1cc(S(=O)(=O)N2CCCC2)cc1C(=O)Oc1cccnc1Br. The van der Waals surface area contributed by atoms with E-state index in [1.165, 1.54) is 21.1 Å². The summed E-state index contributed by atoms with van der Waals surface area (Å²) in [5.74, 6) is -0.373. The van der Waals surface area contributed by atoms with Crippen LogP contribution in [0, 0.1) is 0 Å². The average Bonchev–Trinajstić information content (AvgIpc) is 3.19. The summed E-state index contributed by atoms with van der Waals surface area (Å²) in [6.07, 6.45) is 4.71. The Morgan fingerprint density at radius 3 is 2.71 bits per heavy atom. The highest BCUT2D eigenvalue weighted by atomic mass is 79.9. The van der Waals surface area contributed by atoms with Crippen molar-refractivity contribution in [1.82, 2.24) is 13.9 Å². The Balaban J connectivity index is 1.86. The van der Waals surface area contributed by atoms with Crippen LogP contribution in [0.1, 0.15) is 23.3 Å². The monoisotopic (exact) mass is 413 g/mol. The molecule has 0 amide bonds. The molecule has 0 aromatic carbocycles. The molecule has 3 rings (SSSR count). The zero-order valence-corrected chi connectivity index (χ0v) is 15.4. The second-order valence-electron chi connectivity index (χ2n) is 5.47. The number of hydrogen-bond acceptors (Lipinski definition) is 5. The molecule has 1 aliphatic rings. The summed E-state index contributed by atoms with van der Waals surface area (Å²) in [5.41, 5.74) is 0.156. The number of hydrogen-bond donors (Lipinski definition) is 0. The van der Waals surface area contributed by atoms with Gasteiger partial charge in [0.2, 0.25) is 10.0 Å². The van der Waals surface area contributed by atoms with Crippen LogP contribution in [-0.4, -0.2) is 41.3 Å². The van der Waals surface area contributed by atoms with E-state index in [-0.39, 0.29) is 16.3 Å². The zero-order chi connectivity index (χ0) is 17.3. The van der Waals surface area contributed by atoms with Crippen LogP contribution in [0.5, 0.6) is 5.75 Å². The molecule has 0 aliphatic carbocycles. The fourth-order valence-corrected chi connectivity index (χ4v) is 4.48. The third-order valence-electron chi connectivity index (χ3n) is 3.82. The van der Waals surface area contributed by atoms with Crippen molar-refractivity contribution in [3.05, 3.63) is 40.9 Å². The lowest BCUT2D eigenvalue weighted by Crippen LogP contribution is -2.27. The first-order chi connectivity index (χ1) is 11.4. The number of aryl methyl sites for hydroxylation is 1. The topological polar surface area (TPSA) is 81.5 Å². The molecule has 1 aliphatic heterocycles. The summed E-state index contributed by atoms with van der Waals surface area (Å²) in [5, 5.41) is 0. The first-order valence-electron chi connectivity index (χ1n) is 7.39. The Hall–Kier alpha value is -1.71. The van der Waals surface area contributed by atoms with Crippen molar-refractivity contribution in [2.75, 3.05) is 13.1 Å². The molecule has 9 heteroatoms. The first kappa shape index (κ1) is 17.1. The number of esters is 1. The molecule has 0 spiro atoms. The van der Waals surface area contributed by atoms with Crippen molar-refractivity contribution in [2.24, 2.45) is 7.05 Å².